The summed E-state index contributed by atoms with van der Waals surface area (Å²) in [7, 11) is 2.08. The van der Waals surface area contributed by atoms with E-state index in [9.17, 15) is 0 Å². The molecule has 0 saturated heterocycles. The zero-order chi connectivity index (χ0) is 13.4. The van der Waals surface area contributed by atoms with Gasteiger partial charge in [-0.25, -0.2) is 0 Å². The van der Waals surface area contributed by atoms with Crippen LogP contribution in [0.15, 0.2) is 18.2 Å². The smallest absolute Gasteiger partial charge is 0.144 e. The second-order valence-corrected chi connectivity index (χ2v) is 5.29. The molecule has 0 amide bonds. The Bertz CT molecular complexity index is 358. The molecule has 0 bridgehead atoms. The van der Waals surface area contributed by atoms with E-state index in [0.717, 1.165) is 36.5 Å². The van der Waals surface area contributed by atoms with Gasteiger partial charge in [-0.05, 0) is 37.0 Å². The summed E-state index contributed by atoms with van der Waals surface area (Å²) in [4.78, 5) is 2.20. The Kier molecular flexibility index (Phi) is 6.80. The highest BCUT2D eigenvalue weighted by atomic mass is 32.2. The topological polar surface area (TPSA) is 38.5 Å². The van der Waals surface area contributed by atoms with E-state index in [1.807, 2.05) is 30.0 Å². The van der Waals surface area contributed by atoms with Crippen LogP contribution in [0.4, 0.5) is 11.4 Å². The van der Waals surface area contributed by atoms with E-state index < -0.39 is 0 Å². The highest BCUT2D eigenvalue weighted by molar-refractivity contribution is 7.98. The number of para-hydroxylation sites is 1. The van der Waals surface area contributed by atoms with Crippen LogP contribution < -0.4 is 15.4 Å². The molecule has 1 rings (SSSR count). The lowest BCUT2D eigenvalue weighted by atomic mass is 10.2. The molecule has 0 atom stereocenters. The maximum absolute atomic E-state index is 6.16. The van der Waals surface area contributed by atoms with Gasteiger partial charge < -0.3 is 15.4 Å². The van der Waals surface area contributed by atoms with Gasteiger partial charge in [-0.3, -0.25) is 0 Å². The van der Waals surface area contributed by atoms with Gasteiger partial charge in [0.15, 0.2) is 0 Å². The first-order valence-electron chi connectivity index (χ1n) is 6.42. The van der Waals surface area contributed by atoms with Gasteiger partial charge in [0, 0.05) is 13.6 Å². The third-order valence-electron chi connectivity index (χ3n) is 2.76. The molecule has 0 radical (unpaired) electrons. The van der Waals surface area contributed by atoms with Crippen molar-refractivity contribution in [2.45, 2.75) is 19.8 Å². The standard InChI is InChI=1S/C14H24N2OS/c1-4-10-17-13-8-5-7-12(14(13)15)16(2)9-6-11-18-3/h5,7-8H,4,6,9-11,15H2,1-3H3. The fourth-order valence-corrected chi connectivity index (χ4v) is 2.19. The Hall–Kier alpha value is -1.03. The molecule has 3 nitrogen and oxygen atoms in total. The molecule has 0 spiro atoms. The van der Waals surface area contributed by atoms with Crippen molar-refractivity contribution in [3.8, 4) is 5.75 Å². The second-order valence-electron chi connectivity index (χ2n) is 4.31. The number of rotatable bonds is 8. The third-order valence-corrected chi connectivity index (χ3v) is 3.45. The quantitative estimate of drug-likeness (QED) is 0.580. The van der Waals surface area contributed by atoms with Crippen LogP contribution in [0.25, 0.3) is 0 Å². The molecule has 0 fully saturated rings. The molecule has 1 aromatic carbocycles. The SMILES string of the molecule is CCCOc1cccc(N(C)CCCSC)c1N. The number of nitrogen functional groups attached to an aromatic ring is 1. The van der Waals surface area contributed by atoms with Gasteiger partial charge in [-0.1, -0.05) is 13.0 Å². The zero-order valence-electron chi connectivity index (χ0n) is 11.6. The van der Waals surface area contributed by atoms with E-state index in [1.54, 1.807) is 0 Å². The molecular formula is C14H24N2OS. The molecule has 4 heteroatoms. The van der Waals surface area contributed by atoms with Crippen molar-refractivity contribution in [2.24, 2.45) is 0 Å². The molecule has 0 aromatic heterocycles. The average molecular weight is 268 g/mol. The van der Waals surface area contributed by atoms with Crippen LogP contribution in [0.1, 0.15) is 19.8 Å². The number of nitrogens with zero attached hydrogens (tertiary/aromatic N) is 1. The largest absolute Gasteiger partial charge is 0.491 e. The van der Waals surface area contributed by atoms with Crippen molar-refractivity contribution in [2.75, 3.05) is 42.8 Å². The number of benzene rings is 1. The zero-order valence-corrected chi connectivity index (χ0v) is 12.4. The van der Waals surface area contributed by atoms with Crippen LogP contribution in [0.2, 0.25) is 0 Å². The summed E-state index contributed by atoms with van der Waals surface area (Å²) in [5, 5.41) is 0. The predicted octanol–water partition coefficient (Wildman–Crippen LogP) is 3.25. The molecule has 0 aliphatic heterocycles. The minimum atomic E-state index is 0.712. The minimum absolute atomic E-state index is 0.712. The van der Waals surface area contributed by atoms with Gasteiger partial charge in [0.1, 0.15) is 5.75 Å². The monoisotopic (exact) mass is 268 g/mol. The maximum atomic E-state index is 6.16. The summed E-state index contributed by atoms with van der Waals surface area (Å²) < 4.78 is 5.65. The van der Waals surface area contributed by atoms with Crippen molar-refractivity contribution >= 4 is 23.1 Å². The number of ether oxygens (including phenoxy) is 1. The average Bonchev–Trinajstić information content (AvgIpc) is 2.37. The number of nitrogens with two attached hydrogens (primary N) is 1. The Balaban J connectivity index is 2.69. The Labute approximate surface area is 115 Å². The molecule has 0 aliphatic rings. The Morgan fingerprint density at radius 2 is 2.17 bits per heavy atom. The highest BCUT2D eigenvalue weighted by Gasteiger charge is 2.09. The maximum Gasteiger partial charge on any atom is 0.144 e. The second kappa shape index (κ2) is 8.14. The van der Waals surface area contributed by atoms with Crippen LogP contribution >= 0.6 is 11.8 Å². The molecule has 0 unspecified atom stereocenters. The predicted molar refractivity (Wildman–Crippen MR) is 82.9 cm³/mol. The van der Waals surface area contributed by atoms with Crippen molar-refractivity contribution in [3.05, 3.63) is 18.2 Å². The van der Waals surface area contributed by atoms with Crippen molar-refractivity contribution in [1.29, 1.82) is 0 Å². The fraction of sp³-hybridized carbons (Fsp3) is 0.571. The van der Waals surface area contributed by atoms with E-state index in [0.29, 0.717) is 6.61 Å². The van der Waals surface area contributed by atoms with Gasteiger partial charge in [0.05, 0.1) is 18.0 Å². The first-order valence-corrected chi connectivity index (χ1v) is 7.81. The van der Waals surface area contributed by atoms with Crippen molar-refractivity contribution < 1.29 is 4.74 Å². The summed E-state index contributed by atoms with van der Waals surface area (Å²) in [5.74, 6) is 1.97. The van der Waals surface area contributed by atoms with E-state index in [2.05, 4.69) is 25.1 Å². The molecule has 0 aliphatic carbocycles. The molecule has 102 valence electrons. The van der Waals surface area contributed by atoms with Crippen LogP contribution in [0.5, 0.6) is 5.75 Å². The third kappa shape index (κ3) is 4.33. The van der Waals surface area contributed by atoms with Crippen LogP contribution in [-0.4, -0.2) is 32.2 Å². The number of hydrogen-bond acceptors (Lipinski definition) is 4. The highest BCUT2D eigenvalue weighted by Crippen LogP contribution is 2.31. The lowest BCUT2D eigenvalue weighted by Gasteiger charge is -2.22. The molecule has 0 saturated carbocycles. The van der Waals surface area contributed by atoms with E-state index in [-0.39, 0.29) is 0 Å². The summed E-state index contributed by atoms with van der Waals surface area (Å²) in [6.07, 6.45) is 4.29. The summed E-state index contributed by atoms with van der Waals surface area (Å²) in [5.41, 5.74) is 7.97. The number of anilines is 2. The number of thioether (sulfide) groups is 1. The van der Waals surface area contributed by atoms with Gasteiger partial charge in [-0.15, -0.1) is 0 Å². The van der Waals surface area contributed by atoms with Gasteiger partial charge >= 0.3 is 0 Å². The van der Waals surface area contributed by atoms with Crippen LogP contribution in [0, 0.1) is 0 Å². The van der Waals surface area contributed by atoms with E-state index in [4.69, 9.17) is 10.5 Å². The first-order chi connectivity index (χ1) is 8.70. The molecular weight excluding hydrogens is 244 g/mol. The lowest BCUT2D eigenvalue weighted by molar-refractivity contribution is 0.319. The molecule has 1 aromatic rings. The molecule has 0 heterocycles. The lowest BCUT2D eigenvalue weighted by Crippen LogP contribution is -2.20. The fourth-order valence-electron chi connectivity index (χ4n) is 1.77. The van der Waals surface area contributed by atoms with Crippen molar-refractivity contribution in [1.82, 2.24) is 0 Å². The minimum Gasteiger partial charge on any atom is -0.491 e. The summed E-state index contributed by atoms with van der Waals surface area (Å²) >= 11 is 1.87. The normalized spacial score (nSPS) is 10.4. The van der Waals surface area contributed by atoms with Gasteiger partial charge in [0.25, 0.3) is 0 Å². The molecule has 18 heavy (non-hydrogen) atoms. The number of hydrogen-bond donors (Lipinski definition) is 1. The first kappa shape index (κ1) is 15.0. The molecule has 2 N–H and O–H groups in total. The van der Waals surface area contributed by atoms with E-state index in [1.165, 1.54) is 5.75 Å². The van der Waals surface area contributed by atoms with Gasteiger partial charge in [-0.2, -0.15) is 11.8 Å². The summed E-state index contributed by atoms with van der Waals surface area (Å²) in [6.45, 7) is 3.82. The van der Waals surface area contributed by atoms with Crippen LogP contribution in [-0.2, 0) is 0 Å². The van der Waals surface area contributed by atoms with Crippen molar-refractivity contribution in [3.63, 3.8) is 0 Å². The van der Waals surface area contributed by atoms with E-state index >= 15 is 0 Å². The van der Waals surface area contributed by atoms with Gasteiger partial charge in [0.2, 0.25) is 0 Å². The Morgan fingerprint density at radius 1 is 1.39 bits per heavy atom. The Morgan fingerprint density at radius 3 is 2.83 bits per heavy atom. The summed E-state index contributed by atoms with van der Waals surface area (Å²) in [6, 6.07) is 5.99. The van der Waals surface area contributed by atoms with Crippen LogP contribution in [0.3, 0.4) is 0 Å².